The molecule has 1 saturated heterocycles. The van der Waals surface area contributed by atoms with Crippen LogP contribution in [0.15, 0.2) is 30.3 Å². The molecule has 2 rings (SSSR count). The molecule has 0 aromatic heterocycles. The Hall–Kier alpha value is -1.56. The number of hydrogen-bond acceptors (Lipinski definition) is 3. The van der Waals surface area contributed by atoms with Crippen LogP contribution in [0, 0.1) is 5.92 Å². The zero-order valence-electron chi connectivity index (χ0n) is 12.3. The minimum Gasteiger partial charge on any atom is -0.338 e. The highest BCUT2D eigenvalue weighted by Gasteiger charge is 2.28. The minimum atomic E-state index is -2.88. The summed E-state index contributed by atoms with van der Waals surface area (Å²) in [5.41, 5.74) is 1.08. The van der Waals surface area contributed by atoms with E-state index >= 15 is 0 Å². The fourth-order valence-electron chi connectivity index (χ4n) is 2.51. The molecule has 5 nitrogen and oxygen atoms in total. The third kappa shape index (κ3) is 4.74. The first-order valence-corrected chi connectivity index (χ1v) is 9.09. The minimum absolute atomic E-state index is 0.0504. The number of nitrogens with zero attached hydrogens (tertiary/aromatic N) is 1. The second-order valence-electron chi connectivity index (χ2n) is 5.45. The lowest BCUT2D eigenvalue weighted by molar-refractivity contribution is 0.196. The fourth-order valence-corrected chi connectivity index (χ4v) is 4.37. The average molecular weight is 310 g/mol. The lowest BCUT2D eigenvalue weighted by Crippen LogP contribution is -2.41. The van der Waals surface area contributed by atoms with Crippen molar-refractivity contribution in [3.05, 3.63) is 35.9 Å². The Morgan fingerprint density at radius 3 is 2.62 bits per heavy atom. The van der Waals surface area contributed by atoms with Gasteiger partial charge in [0.2, 0.25) is 0 Å². The normalized spacial score (nSPS) is 20.1. The highest BCUT2D eigenvalue weighted by molar-refractivity contribution is 7.91. The van der Waals surface area contributed by atoms with E-state index in [1.807, 2.05) is 37.3 Å². The number of carbonyl (C=O) groups is 1. The highest BCUT2D eigenvalue weighted by Crippen LogP contribution is 2.17. The van der Waals surface area contributed by atoms with Gasteiger partial charge in [0.05, 0.1) is 11.5 Å². The Kier molecular flexibility index (Phi) is 5.22. The molecule has 1 atom stereocenters. The summed E-state index contributed by atoms with van der Waals surface area (Å²) in [5.74, 6) is 0.488. The SMILES string of the molecule is CCN(Cc1ccccc1)C(=O)NCC1CCS(=O)(=O)C1. The maximum Gasteiger partial charge on any atom is 0.317 e. The molecule has 0 bridgehead atoms. The van der Waals surface area contributed by atoms with E-state index in [0.717, 1.165) is 5.56 Å². The summed E-state index contributed by atoms with van der Waals surface area (Å²) in [6, 6.07) is 9.68. The second-order valence-corrected chi connectivity index (χ2v) is 7.68. The molecule has 1 aromatic carbocycles. The van der Waals surface area contributed by atoms with Crippen LogP contribution >= 0.6 is 0 Å². The summed E-state index contributed by atoms with van der Waals surface area (Å²) < 4.78 is 22.8. The number of benzene rings is 1. The van der Waals surface area contributed by atoms with E-state index in [1.165, 1.54) is 0 Å². The van der Waals surface area contributed by atoms with Gasteiger partial charge in [-0.25, -0.2) is 13.2 Å². The molecule has 1 aliphatic heterocycles. The van der Waals surface area contributed by atoms with Gasteiger partial charge in [-0.05, 0) is 24.8 Å². The van der Waals surface area contributed by atoms with E-state index in [2.05, 4.69) is 5.32 Å². The summed E-state index contributed by atoms with van der Waals surface area (Å²) in [5, 5.41) is 2.86. The quantitative estimate of drug-likeness (QED) is 0.899. The predicted octanol–water partition coefficient (Wildman–Crippen LogP) is 1.65. The number of rotatable bonds is 5. The second kappa shape index (κ2) is 6.93. The summed E-state index contributed by atoms with van der Waals surface area (Å²) in [4.78, 5) is 13.9. The molecule has 1 fully saturated rings. The monoisotopic (exact) mass is 310 g/mol. The molecule has 1 unspecified atom stereocenters. The molecule has 1 aliphatic rings. The molecular formula is C15H22N2O3S. The molecule has 0 saturated carbocycles. The van der Waals surface area contributed by atoms with Crippen LogP contribution in [0.5, 0.6) is 0 Å². The van der Waals surface area contributed by atoms with Gasteiger partial charge >= 0.3 is 6.03 Å². The summed E-state index contributed by atoms with van der Waals surface area (Å²) in [6.45, 7) is 3.54. The number of hydrogen-bond donors (Lipinski definition) is 1. The topological polar surface area (TPSA) is 66.5 Å². The van der Waals surface area contributed by atoms with Crippen LogP contribution in [0.2, 0.25) is 0 Å². The van der Waals surface area contributed by atoms with E-state index < -0.39 is 9.84 Å². The van der Waals surface area contributed by atoms with Gasteiger partial charge in [-0.3, -0.25) is 0 Å². The van der Waals surface area contributed by atoms with Gasteiger partial charge in [0, 0.05) is 19.6 Å². The molecule has 0 spiro atoms. The predicted molar refractivity (Wildman–Crippen MR) is 82.7 cm³/mol. The highest BCUT2D eigenvalue weighted by atomic mass is 32.2. The van der Waals surface area contributed by atoms with Crippen molar-refractivity contribution in [1.82, 2.24) is 10.2 Å². The van der Waals surface area contributed by atoms with E-state index in [0.29, 0.717) is 26.1 Å². The third-order valence-corrected chi connectivity index (χ3v) is 5.59. The third-order valence-electron chi connectivity index (χ3n) is 3.75. The molecule has 116 valence electrons. The molecule has 0 radical (unpaired) electrons. The van der Waals surface area contributed by atoms with Crippen molar-refractivity contribution in [2.45, 2.75) is 19.9 Å². The first kappa shape index (κ1) is 15.8. The molecule has 21 heavy (non-hydrogen) atoms. The van der Waals surface area contributed by atoms with Crippen molar-refractivity contribution in [3.63, 3.8) is 0 Å². The molecular weight excluding hydrogens is 288 g/mol. The van der Waals surface area contributed by atoms with Gasteiger partial charge in [0.1, 0.15) is 0 Å². The Morgan fingerprint density at radius 2 is 2.05 bits per heavy atom. The summed E-state index contributed by atoms with van der Waals surface area (Å²) >= 11 is 0. The van der Waals surface area contributed by atoms with Gasteiger partial charge in [-0.15, -0.1) is 0 Å². The standard InChI is InChI=1S/C15H22N2O3S/c1-2-17(11-13-6-4-3-5-7-13)15(18)16-10-14-8-9-21(19,20)12-14/h3-7,14H,2,8-12H2,1H3,(H,16,18). The van der Waals surface area contributed by atoms with Crippen LogP contribution in [0.4, 0.5) is 4.79 Å². The van der Waals surface area contributed by atoms with E-state index in [4.69, 9.17) is 0 Å². The van der Waals surface area contributed by atoms with E-state index in [9.17, 15) is 13.2 Å². The maximum absolute atomic E-state index is 12.2. The zero-order valence-corrected chi connectivity index (χ0v) is 13.1. The van der Waals surface area contributed by atoms with E-state index in [1.54, 1.807) is 4.90 Å². The van der Waals surface area contributed by atoms with Crippen LogP contribution in [-0.4, -0.2) is 43.9 Å². The number of sulfone groups is 1. The fraction of sp³-hybridized carbons (Fsp3) is 0.533. The Balaban J connectivity index is 1.83. The number of carbonyl (C=O) groups excluding carboxylic acids is 1. The van der Waals surface area contributed by atoms with Gasteiger partial charge in [-0.1, -0.05) is 30.3 Å². The zero-order chi connectivity index (χ0) is 15.3. The van der Waals surface area contributed by atoms with Crippen molar-refractivity contribution in [1.29, 1.82) is 0 Å². The molecule has 1 N–H and O–H groups in total. The van der Waals surface area contributed by atoms with Crippen molar-refractivity contribution in [2.24, 2.45) is 5.92 Å². The lowest BCUT2D eigenvalue weighted by Gasteiger charge is -2.22. The van der Waals surface area contributed by atoms with Crippen molar-refractivity contribution in [3.8, 4) is 0 Å². The van der Waals surface area contributed by atoms with Crippen LogP contribution in [0.1, 0.15) is 18.9 Å². The molecule has 1 heterocycles. The van der Waals surface area contributed by atoms with Gasteiger partial charge in [0.25, 0.3) is 0 Å². The Labute approximate surface area is 126 Å². The van der Waals surface area contributed by atoms with E-state index in [-0.39, 0.29) is 23.5 Å². The maximum atomic E-state index is 12.2. The van der Waals surface area contributed by atoms with Crippen molar-refractivity contribution < 1.29 is 13.2 Å². The average Bonchev–Trinajstić information content (AvgIpc) is 2.82. The Morgan fingerprint density at radius 1 is 1.33 bits per heavy atom. The van der Waals surface area contributed by atoms with Crippen molar-refractivity contribution in [2.75, 3.05) is 24.6 Å². The van der Waals surface area contributed by atoms with Gasteiger partial charge in [-0.2, -0.15) is 0 Å². The van der Waals surface area contributed by atoms with Crippen LogP contribution in [0.3, 0.4) is 0 Å². The van der Waals surface area contributed by atoms with Crippen molar-refractivity contribution >= 4 is 15.9 Å². The summed E-state index contributed by atoms with van der Waals surface area (Å²) in [7, 11) is -2.88. The Bertz CT molecular complexity index is 572. The van der Waals surface area contributed by atoms with Crippen LogP contribution < -0.4 is 5.32 Å². The van der Waals surface area contributed by atoms with Gasteiger partial charge in [0.15, 0.2) is 9.84 Å². The largest absolute Gasteiger partial charge is 0.338 e. The molecule has 6 heteroatoms. The summed E-state index contributed by atoms with van der Waals surface area (Å²) in [6.07, 6.45) is 0.646. The first-order valence-electron chi connectivity index (χ1n) is 7.27. The number of amides is 2. The first-order chi connectivity index (χ1) is 10.00. The lowest BCUT2D eigenvalue weighted by atomic mass is 10.1. The molecule has 1 aromatic rings. The smallest absolute Gasteiger partial charge is 0.317 e. The molecule has 2 amide bonds. The number of nitrogens with one attached hydrogen (secondary N) is 1. The van der Waals surface area contributed by atoms with Crippen LogP contribution in [0.25, 0.3) is 0 Å². The number of urea groups is 1. The molecule has 0 aliphatic carbocycles. The van der Waals surface area contributed by atoms with Crippen LogP contribution in [-0.2, 0) is 16.4 Å². The van der Waals surface area contributed by atoms with Gasteiger partial charge < -0.3 is 10.2 Å².